The minimum Gasteiger partial charge on any atom is -0.328 e. The molecule has 0 saturated carbocycles. The Balaban J connectivity index is 2.52. The van der Waals surface area contributed by atoms with E-state index in [4.69, 9.17) is 11.5 Å². The molecule has 0 aliphatic heterocycles. The van der Waals surface area contributed by atoms with Gasteiger partial charge in [-0.25, -0.2) is 4.39 Å². The van der Waals surface area contributed by atoms with E-state index in [2.05, 4.69) is 0 Å². The average molecular weight is 196 g/mol. The lowest BCUT2D eigenvalue weighted by atomic mass is 10.0. The molecule has 14 heavy (non-hydrogen) atoms. The molecule has 0 bridgehead atoms. The Labute approximate surface area is 84.1 Å². The van der Waals surface area contributed by atoms with Gasteiger partial charge in [0.1, 0.15) is 5.82 Å². The molecule has 78 valence electrons. The number of benzene rings is 1. The summed E-state index contributed by atoms with van der Waals surface area (Å²) in [5.74, 6) is -0.229. The number of nitrogens with two attached hydrogens (primary N) is 2. The highest BCUT2D eigenvalue weighted by atomic mass is 19.1. The van der Waals surface area contributed by atoms with Crippen LogP contribution in [0.5, 0.6) is 0 Å². The fraction of sp³-hybridized carbons (Fsp3) is 0.455. The number of hydrogen-bond acceptors (Lipinski definition) is 2. The van der Waals surface area contributed by atoms with Crippen molar-refractivity contribution in [2.45, 2.75) is 31.8 Å². The zero-order valence-electron chi connectivity index (χ0n) is 8.41. The van der Waals surface area contributed by atoms with Gasteiger partial charge in [0.05, 0.1) is 0 Å². The Bertz CT molecular complexity index is 269. The van der Waals surface area contributed by atoms with E-state index in [9.17, 15) is 4.39 Å². The fourth-order valence-corrected chi connectivity index (χ4v) is 1.32. The summed E-state index contributed by atoms with van der Waals surface area (Å²) in [7, 11) is 0. The second-order valence-corrected chi connectivity index (χ2v) is 3.71. The number of halogens is 1. The van der Waals surface area contributed by atoms with Gasteiger partial charge < -0.3 is 11.5 Å². The maximum atomic E-state index is 12.6. The van der Waals surface area contributed by atoms with Crippen molar-refractivity contribution in [2.75, 3.05) is 0 Å². The summed E-state index contributed by atoms with van der Waals surface area (Å²) in [6.45, 7) is 1.96. The molecule has 0 aliphatic carbocycles. The molecule has 0 radical (unpaired) electrons. The quantitative estimate of drug-likeness (QED) is 0.773. The first-order valence-electron chi connectivity index (χ1n) is 4.86. The van der Waals surface area contributed by atoms with Gasteiger partial charge in [0, 0.05) is 12.1 Å². The number of rotatable bonds is 4. The molecular formula is C11H17FN2. The molecule has 2 atom stereocenters. The Morgan fingerprint density at radius 3 is 2.21 bits per heavy atom. The molecule has 0 saturated heterocycles. The molecule has 0 aromatic heterocycles. The highest BCUT2D eigenvalue weighted by molar-refractivity contribution is 5.19. The molecule has 4 N–H and O–H groups in total. The first kappa shape index (κ1) is 11.1. The minimum atomic E-state index is -0.229. The molecule has 2 nitrogen and oxygen atoms in total. The van der Waals surface area contributed by atoms with E-state index in [0.29, 0.717) is 0 Å². The van der Waals surface area contributed by atoms with E-state index in [1.54, 1.807) is 12.1 Å². The summed E-state index contributed by atoms with van der Waals surface area (Å²) < 4.78 is 12.6. The van der Waals surface area contributed by atoms with Gasteiger partial charge >= 0.3 is 0 Å². The zero-order valence-corrected chi connectivity index (χ0v) is 8.41. The van der Waals surface area contributed by atoms with Gasteiger partial charge in [-0.1, -0.05) is 12.1 Å². The average Bonchev–Trinajstić information content (AvgIpc) is 2.15. The van der Waals surface area contributed by atoms with Crippen LogP contribution in [0, 0.1) is 5.82 Å². The Morgan fingerprint density at radius 1 is 1.14 bits per heavy atom. The third-order valence-corrected chi connectivity index (χ3v) is 2.23. The van der Waals surface area contributed by atoms with Gasteiger partial charge in [-0.2, -0.15) is 0 Å². The van der Waals surface area contributed by atoms with Crippen molar-refractivity contribution in [3.8, 4) is 0 Å². The van der Waals surface area contributed by atoms with Crippen LogP contribution < -0.4 is 11.5 Å². The summed E-state index contributed by atoms with van der Waals surface area (Å²) in [4.78, 5) is 0. The van der Waals surface area contributed by atoms with E-state index in [0.717, 1.165) is 18.4 Å². The number of hydrogen-bond donors (Lipinski definition) is 2. The zero-order chi connectivity index (χ0) is 10.6. The molecule has 1 aromatic carbocycles. The van der Waals surface area contributed by atoms with Crippen LogP contribution in [0.3, 0.4) is 0 Å². The normalized spacial score (nSPS) is 15.1. The van der Waals surface area contributed by atoms with Crippen molar-refractivity contribution < 1.29 is 4.39 Å². The molecule has 0 aliphatic rings. The highest BCUT2D eigenvalue weighted by Crippen LogP contribution is 2.16. The lowest BCUT2D eigenvalue weighted by Gasteiger charge is -2.13. The minimum absolute atomic E-state index is 0.0402. The highest BCUT2D eigenvalue weighted by Gasteiger charge is 2.06. The summed E-state index contributed by atoms with van der Waals surface area (Å²) in [6, 6.07) is 6.44. The van der Waals surface area contributed by atoms with Crippen molar-refractivity contribution in [3.05, 3.63) is 35.6 Å². The molecule has 3 heteroatoms. The van der Waals surface area contributed by atoms with Crippen molar-refractivity contribution in [1.82, 2.24) is 0 Å². The smallest absolute Gasteiger partial charge is 0.123 e. The molecule has 0 fully saturated rings. The predicted octanol–water partition coefficient (Wildman–Crippen LogP) is 1.95. The van der Waals surface area contributed by atoms with Crippen LogP contribution in [0.15, 0.2) is 24.3 Å². The Kier molecular flexibility index (Phi) is 4.04. The van der Waals surface area contributed by atoms with E-state index in [-0.39, 0.29) is 17.9 Å². The van der Waals surface area contributed by atoms with Crippen molar-refractivity contribution in [1.29, 1.82) is 0 Å². The van der Waals surface area contributed by atoms with Gasteiger partial charge in [-0.3, -0.25) is 0 Å². The Hall–Kier alpha value is -0.930. The van der Waals surface area contributed by atoms with Crippen LogP contribution in [-0.4, -0.2) is 6.04 Å². The van der Waals surface area contributed by atoms with Gasteiger partial charge in [0.2, 0.25) is 0 Å². The fourth-order valence-electron chi connectivity index (χ4n) is 1.32. The van der Waals surface area contributed by atoms with Crippen molar-refractivity contribution in [2.24, 2.45) is 11.5 Å². The summed E-state index contributed by atoms with van der Waals surface area (Å²) in [6.07, 6.45) is 1.72. The lowest BCUT2D eigenvalue weighted by molar-refractivity contribution is 0.553. The molecule has 2 unspecified atom stereocenters. The maximum absolute atomic E-state index is 12.6. The second-order valence-electron chi connectivity index (χ2n) is 3.71. The first-order valence-corrected chi connectivity index (χ1v) is 4.86. The molecule has 1 aromatic rings. The van der Waals surface area contributed by atoms with Crippen LogP contribution in [0.4, 0.5) is 4.39 Å². The van der Waals surface area contributed by atoms with Gasteiger partial charge in [-0.15, -0.1) is 0 Å². The first-order chi connectivity index (χ1) is 6.59. The van der Waals surface area contributed by atoms with Crippen LogP contribution >= 0.6 is 0 Å². The van der Waals surface area contributed by atoms with E-state index >= 15 is 0 Å². The third-order valence-electron chi connectivity index (χ3n) is 2.23. The third kappa shape index (κ3) is 3.44. The summed E-state index contributed by atoms with van der Waals surface area (Å²) in [5.41, 5.74) is 12.5. The molecule has 0 spiro atoms. The monoisotopic (exact) mass is 196 g/mol. The molecule has 1 rings (SSSR count). The SMILES string of the molecule is CC(N)CCC(N)c1ccc(F)cc1. The topological polar surface area (TPSA) is 52.0 Å². The van der Waals surface area contributed by atoms with E-state index in [1.165, 1.54) is 12.1 Å². The Morgan fingerprint density at radius 2 is 1.71 bits per heavy atom. The lowest BCUT2D eigenvalue weighted by Crippen LogP contribution is -2.18. The van der Waals surface area contributed by atoms with Crippen LogP contribution in [0.25, 0.3) is 0 Å². The van der Waals surface area contributed by atoms with Crippen molar-refractivity contribution in [3.63, 3.8) is 0 Å². The maximum Gasteiger partial charge on any atom is 0.123 e. The molecule has 0 heterocycles. The van der Waals surface area contributed by atoms with Gasteiger partial charge in [0.15, 0.2) is 0 Å². The standard InChI is InChI=1S/C11H17FN2/c1-8(13)2-7-11(14)9-3-5-10(12)6-4-9/h3-6,8,11H,2,7,13-14H2,1H3. The van der Waals surface area contributed by atoms with Crippen molar-refractivity contribution >= 4 is 0 Å². The second kappa shape index (κ2) is 5.08. The van der Waals surface area contributed by atoms with E-state index < -0.39 is 0 Å². The van der Waals surface area contributed by atoms with Crippen LogP contribution in [0.2, 0.25) is 0 Å². The summed E-state index contributed by atoms with van der Waals surface area (Å²) in [5, 5.41) is 0. The summed E-state index contributed by atoms with van der Waals surface area (Å²) >= 11 is 0. The van der Waals surface area contributed by atoms with Crippen LogP contribution in [-0.2, 0) is 0 Å². The predicted molar refractivity (Wildman–Crippen MR) is 56.2 cm³/mol. The van der Waals surface area contributed by atoms with Crippen LogP contribution in [0.1, 0.15) is 31.4 Å². The van der Waals surface area contributed by atoms with Gasteiger partial charge in [0.25, 0.3) is 0 Å². The van der Waals surface area contributed by atoms with E-state index in [1.807, 2.05) is 6.92 Å². The molecule has 0 amide bonds. The molecular weight excluding hydrogens is 179 g/mol. The van der Waals surface area contributed by atoms with Gasteiger partial charge in [-0.05, 0) is 37.5 Å². The largest absolute Gasteiger partial charge is 0.328 e.